The normalized spacial score (nSPS) is 19.5. The number of carbonyl (C=O) groups is 1. The third-order valence-corrected chi connectivity index (χ3v) is 4.25. The van der Waals surface area contributed by atoms with Gasteiger partial charge in [0.1, 0.15) is 5.69 Å². The minimum Gasteiger partial charge on any atom is -0.390 e. The molecule has 22 heavy (non-hydrogen) atoms. The maximum absolute atomic E-state index is 12.6. The molecule has 0 aliphatic carbocycles. The number of H-pyrrole nitrogens is 1. The lowest BCUT2D eigenvalue weighted by Gasteiger charge is -2.25. The number of rotatable bonds is 2. The highest BCUT2D eigenvalue weighted by Crippen LogP contribution is 2.28. The molecule has 0 spiro atoms. The Bertz CT molecular complexity index is 623. The first-order chi connectivity index (χ1) is 9.98. The highest BCUT2D eigenvalue weighted by molar-refractivity contribution is 5.92. The summed E-state index contributed by atoms with van der Waals surface area (Å²) in [7, 11) is 0. The molecule has 2 N–H and O–H groups in total. The topological polar surface area (TPSA) is 86.3 Å². The van der Waals surface area contributed by atoms with E-state index in [-0.39, 0.29) is 22.9 Å². The molecule has 122 valence electrons. The average Bonchev–Trinajstić information content (AvgIpc) is 2.85. The molecule has 1 saturated heterocycles. The first-order valence-corrected chi connectivity index (χ1v) is 7.62. The van der Waals surface area contributed by atoms with Gasteiger partial charge in [-0.25, -0.2) is 4.79 Å². The van der Waals surface area contributed by atoms with Gasteiger partial charge in [0.15, 0.2) is 0 Å². The fourth-order valence-electron chi connectivity index (χ4n) is 2.65. The van der Waals surface area contributed by atoms with Gasteiger partial charge >= 0.3 is 5.69 Å². The van der Waals surface area contributed by atoms with E-state index < -0.39 is 11.3 Å². The molecule has 0 saturated carbocycles. The van der Waals surface area contributed by atoms with Gasteiger partial charge in [-0.3, -0.25) is 4.79 Å². The number of amides is 1. The number of aliphatic hydroxyl groups is 1. The molecule has 1 atom stereocenters. The van der Waals surface area contributed by atoms with Crippen molar-refractivity contribution >= 4 is 5.91 Å². The van der Waals surface area contributed by atoms with Crippen molar-refractivity contribution in [3.63, 3.8) is 0 Å². The van der Waals surface area contributed by atoms with Gasteiger partial charge < -0.3 is 15.0 Å². The highest BCUT2D eigenvalue weighted by Gasteiger charge is 2.36. The molecular formula is C16H25N3O3. The average molecular weight is 307 g/mol. The lowest BCUT2D eigenvalue weighted by Crippen LogP contribution is -2.36. The van der Waals surface area contributed by atoms with E-state index in [4.69, 9.17) is 0 Å². The summed E-state index contributed by atoms with van der Waals surface area (Å²) < 4.78 is 0. The van der Waals surface area contributed by atoms with Crippen LogP contribution in [-0.2, 0) is 5.41 Å². The van der Waals surface area contributed by atoms with Crippen LogP contribution in [0, 0.1) is 5.92 Å². The predicted octanol–water partition coefficient (Wildman–Crippen LogP) is 1.30. The van der Waals surface area contributed by atoms with Crippen LogP contribution in [0.2, 0.25) is 0 Å². The summed E-state index contributed by atoms with van der Waals surface area (Å²) in [6, 6.07) is 1.65. The van der Waals surface area contributed by atoms with Gasteiger partial charge in [0.25, 0.3) is 5.91 Å². The summed E-state index contributed by atoms with van der Waals surface area (Å²) in [6.07, 6.45) is 0.755. The monoisotopic (exact) mass is 307 g/mol. The van der Waals surface area contributed by atoms with Crippen LogP contribution in [0.25, 0.3) is 0 Å². The molecule has 1 aliphatic heterocycles. The molecule has 0 unspecified atom stereocenters. The van der Waals surface area contributed by atoms with Crippen LogP contribution in [0.4, 0.5) is 0 Å². The molecule has 1 amide bonds. The summed E-state index contributed by atoms with van der Waals surface area (Å²) in [4.78, 5) is 32.5. The Morgan fingerprint density at radius 2 is 2.00 bits per heavy atom. The Balaban J connectivity index is 2.24. The lowest BCUT2D eigenvalue weighted by molar-refractivity contribution is 0.0211. The van der Waals surface area contributed by atoms with E-state index in [1.807, 2.05) is 20.8 Å². The lowest BCUT2D eigenvalue weighted by atomic mass is 9.90. The van der Waals surface area contributed by atoms with Gasteiger partial charge in [-0.15, -0.1) is 0 Å². The molecule has 1 aromatic heterocycles. The number of likely N-dealkylation sites (tertiary alicyclic amines) is 1. The van der Waals surface area contributed by atoms with Crippen LogP contribution >= 0.6 is 0 Å². The third kappa shape index (κ3) is 3.55. The highest BCUT2D eigenvalue weighted by atomic mass is 16.3. The molecule has 1 aliphatic rings. The number of nitrogens with one attached hydrogen (secondary N) is 1. The Morgan fingerprint density at radius 3 is 2.50 bits per heavy atom. The summed E-state index contributed by atoms with van der Waals surface area (Å²) in [5.74, 6) is -0.205. The fraction of sp³-hybridized carbons (Fsp3) is 0.688. The number of carbonyl (C=O) groups excluding carboxylic acids is 1. The Hall–Kier alpha value is -1.69. The standard InChI is InChI=1S/C16H25N3O3/c1-15(2,3)12-8-11(17-14(21)18-12)13(20)19-7-6-10(9-19)16(4,5)22/h8,10,22H,6-7,9H2,1-5H3,(H,17,18,21)/t10-/m0/s1. The van der Waals surface area contributed by atoms with Crippen LogP contribution in [0.15, 0.2) is 10.9 Å². The first-order valence-electron chi connectivity index (χ1n) is 7.62. The van der Waals surface area contributed by atoms with E-state index in [0.29, 0.717) is 18.8 Å². The van der Waals surface area contributed by atoms with Crippen LogP contribution in [-0.4, -0.2) is 44.6 Å². The predicted molar refractivity (Wildman–Crippen MR) is 83.9 cm³/mol. The van der Waals surface area contributed by atoms with Gasteiger partial charge in [0.05, 0.1) is 5.60 Å². The van der Waals surface area contributed by atoms with Crippen LogP contribution in [0.1, 0.15) is 57.2 Å². The summed E-state index contributed by atoms with van der Waals surface area (Å²) in [5, 5.41) is 10.1. The second-order valence-electron chi connectivity index (χ2n) is 7.63. The first kappa shape index (κ1) is 16.7. The molecule has 1 aromatic rings. The minimum absolute atomic E-state index is 0.0422. The smallest absolute Gasteiger partial charge is 0.345 e. The summed E-state index contributed by atoms with van der Waals surface area (Å²) in [6.45, 7) is 10.5. The van der Waals surface area contributed by atoms with E-state index in [9.17, 15) is 14.7 Å². The molecule has 0 radical (unpaired) electrons. The van der Waals surface area contributed by atoms with Crippen LogP contribution < -0.4 is 5.69 Å². The molecule has 0 bridgehead atoms. The largest absolute Gasteiger partial charge is 0.390 e. The second kappa shape index (κ2) is 5.50. The minimum atomic E-state index is -0.812. The van der Waals surface area contributed by atoms with E-state index in [2.05, 4.69) is 9.97 Å². The van der Waals surface area contributed by atoms with E-state index in [0.717, 1.165) is 6.42 Å². The zero-order valence-electron chi connectivity index (χ0n) is 13.9. The third-order valence-electron chi connectivity index (χ3n) is 4.25. The van der Waals surface area contributed by atoms with Gasteiger partial charge in [0, 0.05) is 30.1 Å². The van der Waals surface area contributed by atoms with Gasteiger partial charge in [-0.05, 0) is 26.3 Å². The van der Waals surface area contributed by atoms with Crippen molar-refractivity contribution in [2.75, 3.05) is 13.1 Å². The molecule has 0 aromatic carbocycles. The van der Waals surface area contributed by atoms with Crippen LogP contribution in [0.3, 0.4) is 0 Å². The van der Waals surface area contributed by atoms with Crippen molar-refractivity contribution in [3.8, 4) is 0 Å². The number of hydrogen-bond acceptors (Lipinski definition) is 4. The molecule has 2 rings (SSSR count). The van der Waals surface area contributed by atoms with Crippen molar-refractivity contribution in [1.29, 1.82) is 0 Å². The zero-order chi connectivity index (χ0) is 16.7. The zero-order valence-corrected chi connectivity index (χ0v) is 13.9. The second-order valence-corrected chi connectivity index (χ2v) is 7.63. The molecule has 1 fully saturated rings. The van der Waals surface area contributed by atoms with Crippen molar-refractivity contribution in [2.24, 2.45) is 5.92 Å². The Kier molecular flexibility index (Phi) is 4.17. The molecular weight excluding hydrogens is 282 g/mol. The number of aromatic nitrogens is 2. The summed E-state index contributed by atoms with van der Waals surface area (Å²) >= 11 is 0. The molecule has 6 nitrogen and oxygen atoms in total. The Labute approximate surface area is 130 Å². The number of nitrogens with zero attached hydrogens (tertiary/aromatic N) is 2. The van der Waals surface area contributed by atoms with Crippen LogP contribution in [0.5, 0.6) is 0 Å². The van der Waals surface area contributed by atoms with Crippen molar-refractivity contribution in [3.05, 3.63) is 27.9 Å². The van der Waals surface area contributed by atoms with Gasteiger partial charge in [-0.2, -0.15) is 4.98 Å². The summed E-state index contributed by atoms with van der Waals surface area (Å²) in [5.41, 5.74) is -0.724. The Morgan fingerprint density at radius 1 is 1.36 bits per heavy atom. The molecule has 2 heterocycles. The quantitative estimate of drug-likeness (QED) is 0.862. The SMILES string of the molecule is CC(C)(C)c1cc(C(=O)N2CC[C@H](C(C)(C)O)C2)nc(=O)[nH]1. The maximum atomic E-state index is 12.6. The van der Waals surface area contributed by atoms with Gasteiger partial charge in [-0.1, -0.05) is 20.8 Å². The van der Waals surface area contributed by atoms with Crippen molar-refractivity contribution < 1.29 is 9.90 Å². The fourth-order valence-corrected chi connectivity index (χ4v) is 2.65. The van der Waals surface area contributed by atoms with E-state index in [1.54, 1.807) is 24.8 Å². The van der Waals surface area contributed by atoms with E-state index >= 15 is 0 Å². The maximum Gasteiger partial charge on any atom is 0.345 e. The molecule has 6 heteroatoms. The number of hydrogen-bond donors (Lipinski definition) is 2. The van der Waals surface area contributed by atoms with E-state index in [1.165, 1.54) is 0 Å². The van der Waals surface area contributed by atoms with Gasteiger partial charge in [0.2, 0.25) is 0 Å². The number of aromatic amines is 1. The van der Waals surface area contributed by atoms with Crippen molar-refractivity contribution in [2.45, 2.75) is 52.1 Å². The van der Waals surface area contributed by atoms with Crippen molar-refractivity contribution in [1.82, 2.24) is 14.9 Å².